The Bertz CT molecular complexity index is 791. The van der Waals surface area contributed by atoms with Crippen LogP contribution in [0.4, 0.5) is 5.69 Å². The Morgan fingerprint density at radius 3 is 2.54 bits per heavy atom. The van der Waals surface area contributed by atoms with Crippen LogP contribution in [0.3, 0.4) is 0 Å². The molecule has 1 aliphatic rings. The number of para-hydroxylation sites is 1. The number of nitrogens with one attached hydrogen (secondary N) is 1. The van der Waals surface area contributed by atoms with Gasteiger partial charge in [0.2, 0.25) is 11.8 Å². The average Bonchev–Trinajstić information content (AvgIpc) is 2.88. The van der Waals surface area contributed by atoms with E-state index in [0.717, 1.165) is 16.8 Å². The summed E-state index contributed by atoms with van der Waals surface area (Å²) in [5.41, 5.74) is 2.21. The largest absolute Gasteiger partial charge is 0.395 e. The third kappa shape index (κ3) is 3.35. The Balaban J connectivity index is 1.95. The molecule has 2 amide bonds. The third-order valence-corrected chi connectivity index (χ3v) is 5.06. The molecule has 136 valence electrons. The molecule has 3 rings (SSSR count). The van der Waals surface area contributed by atoms with Crippen LogP contribution >= 0.6 is 0 Å². The molecule has 0 aromatic heterocycles. The number of fused-ring (bicyclic) bond motifs is 1. The number of carbonyl (C=O) groups is 2. The van der Waals surface area contributed by atoms with Gasteiger partial charge in [0.1, 0.15) is 0 Å². The molecule has 0 spiro atoms. The maximum Gasteiger partial charge on any atom is 0.237 e. The molecule has 1 aliphatic heterocycles. The van der Waals surface area contributed by atoms with Crippen LogP contribution in [-0.2, 0) is 21.4 Å². The molecule has 0 aliphatic carbocycles. The van der Waals surface area contributed by atoms with E-state index in [9.17, 15) is 9.59 Å². The molecule has 1 heterocycles. The van der Waals surface area contributed by atoms with E-state index in [4.69, 9.17) is 5.11 Å². The summed E-state index contributed by atoms with van der Waals surface area (Å²) < 4.78 is 0. The summed E-state index contributed by atoms with van der Waals surface area (Å²) in [5.74, 6) is -0.121. The molecule has 0 fully saturated rings. The first kappa shape index (κ1) is 18.1. The van der Waals surface area contributed by atoms with Gasteiger partial charge in [-0.15, -0.1) is 0 Å². The van der Waals surface area contributed by atoms with E-state index in [1.165, 1.54) is 0 Å². The van der Waals surface area contributed by atoms with Gasteiger partial charge in [0.25, 0.3) is 0 Å². The van der Waals surface area contributed by atoms with Gasteiger partial charge in [0, 0.05) is 25.7 Å². The number of rotatable bonds is 7. The minimum atomic E-state index is -0.747. The van der Waals surface area contributed by atoms with Crippen molar-refractivity contribution in [3.63, 3.8) is 0 Å². The highest BCUT2D eigenvalue weighted by Gasteiger charge is 2.49. The molecule has 5 heteroatoms. The number of aliphatic hydroxyl groups is 1. The molecule has 0 saturated heterocycles. The van der Waals surface area contributed by atoms with Gasteiger partial charge in [-0.2, -0.15) is 0 Å². The zero-order valence-electron chi connectivity index (χ0n) is 14.9. The van der Waals surface area contributed by atoms with Crippen molar-refractivity contribution in [1.29, 1.82) is 0 Å². The number of nitrogens with zero attached hydrogens (tertiary/aromatic N) is 1. The van der Waals surface area contributed by atoms with E-state index < -0.39 is 5.41 Å². The summed E-state index contributed by atoms with van der Waals surface area (Å²) in [7, 11) is 1.79. The minimum Gasteiger partial charge on any atom is -0.395 e. The Hall–Kier alpha value is -2.66. The van der Waals surface area contributed by atoms with Crippen molar-refractivity contribution in [1.82, 2.24) is 5.32 Å². The van der Waals surface area contributed by atoms with Gasteiger partial charge in [-0.1, -0.05) is 48.5 Å². The van der Waals surface area contributed by atoms with Crippen molar-refractivity contribution in [3.05, 3.63) is 65.7 Å². The fourth-order valence-electron chi connectivity index (χ4n) is 3.77. The maximum absolute atomic E-state index is 13.3. The van der Waals surface area contributed by atoms with Crippen LogP contribution < -0.4 is 10.2 Å². The number of hydrogen-bond donors (Lipinski definition) is 2. The molecule has 2 N–H and O–H groups in total. The second kappa shape index (κ2) is 7.70. The maximum atomic E-state index is 13.3. The van der Waals surface area contributed by atoms with E-state index in [-0.39, 0.29) is 31.4 Å². The van der Waals surface area contributed by atoms with Gasteiger partial charge in [-0.25, -0.2) is 0 Å². The molecule has 0 radical (unpaired) electrons. The lowest BCUT2D eigenvalue weighted by Crippen LogP contribution is -2.41. The zero-order chi connectivity index (χ0) is 18.6. The highest BCUT2D eigenvalue weighted by molar-refractivity contribution is 6.08. The summed E-state index contributed by atoms with van der Waals surface area (Å²) in [6.45, 7) is 0.139. The third-order valence-electron chi connectivity index (χ3n) is 5.06. The predicted octanol–water partition coefficient (Wildman–Crippen LogP) is 2.03. The second-order valence-electron chi connectivity index (χ2n) is 6.70. The van der Waals surface area contributed by atoms with Gasteiger partial charge in [0.15, 0.2) is 0 Å². The number of carbonyl (C=O) groups excluding carboxylic acids is 2. The molecule has 0 saturated carbocycles. The highest BCUT2D eigenvalue weighted by atomic mass is 16.3. The number of benzene rings is 2. The lowest BCUT2D eigenvalue weighted by Gasteiger charge is -2.28. The van der Waals surface area contributed by atoms with Crippen molar-refractivity contribution in [2.75, 3.05) is 25.1 Å². The summed E-state index contributed by atoms with van der Waals surface area (Å²) in [4.78, 5) is 27.1. The van der Waals surface area contributed by atoms with Crippen LogP contribution in [0.15, 0.2) is 54.6 Å². The van der Waals surface area contributed by atoms with Crippen LogP contribution in [0, 0.1) is 0 Å². The van der Waals surface area contributed by atoms with Crippen molar-refractivity contribution in [2.24, 2.45) is 0 Å². The SMILES string of the molecule is CN1C(=O)C(CCC(=O)NCCO)(Cc2ccccc2)c2ccccc21. The molecule has 2 aromatic carbocycles. The normalized spacial score (nSPS) is 18.7. The van der Waals surface area contributed by atoms with Crippen LogP contribution in [0.2, 0.25) is 0 Å². The van der Waals surface area contributed by atoms with E-state index in [1.54, 1.807) is 11.9 Å². The van der Waals surface area contributed by atoms with Gasteiger partial charge < -0.3 is 15.3 Å². The molecule has 1 unspecified atom stereocenters. The monoisotopic (exact) mass is 352 g/mol. The van der Waals surface area contributed by atoms with E-state index >= 15 is 0 Å². The fraction of sp³-hybridized carbons (Fsp3) is 0.333. The highest BCUT2D eigenvalue weighted by Crippen LogP contribution is 2.46. The van der Waals surface area contributed by atoms with Gasteiger partial charge >= 0.3 is 0 Å². The summed E-state index contributed by atoms with van der Waals surface area (Å²) in [6, 6.07) is 17.7. The Labute approximate surface area is 153 Å². The first-order chi connectivity index (χ1) is 12.6. The first-order valence-electron chi connectivity index (χ1n) is 8.87. The van der Waals surface area contributed by atoms with E-state index in [1.807, 2.05) is 54.6 Å². The Morgan fingerprint density at radius 2 is 1.81 bits per heavy atom. The summed E-state index contributed by atoms with van der Waals surface area (Å²) in [6.07, 6.45) is 1.22. The minimum absolute atomic E-state index is 0.0255. The summed E-state index contributed by atoms with van der Waals surface area (Å²) >= 11 is 0. The van der Waals surface area contributed by atoms with Crippen LogP contribution in [0.25, 0.3) is 0 Å². The zero-order valence-corrected chi connectivity index (χ0v) is 14.9. The second-order valence-corrected chi connectivity index (χ2v) is 6.70. The lowest BCUT2D eigenvalue weighted by molar-refractivity contribution is -0.124. The van der Waals surface area contributed by atoms with Crippen molar-refractivity contribution in [2.45, 2.75) is 24.7 Å². The molecule has 0 bridgehead atoms. The van der Waals surface area contributed by atoms with E-state index in [2.05, 4.69) is 5.32 Å². The van der Waals surface area contributed by atoms with Crippen molar-refractivity contribution in [3.8, 4) is 0 Å². The van der Waals surface area contributed by atoms with Gasteiger partial charge in [0.05, 0.1) is 12.0 Å². The fourth-order valence-corrected chi connectivity index (χ4v) is 3.77. The van der Waals surface area contributed by atoms with Crippen LogP contribution in [0.1, 0.15) is 24.0 Å². The standard InChI is InChI=1S/C21H24N2O3/c1-23-18-10-6-5-9-17(18)21(20(23)26,12-11-19(25)22-13-14-24)15-16-7-3-2-4-8-16/h2-10,24H,11-15H2,1H3,(H,22,25). The molecular weight excluding hydrogens is 328 g/mol. The lowest BCUT2D eigenvalue weighted by atomic mass is 9.73. The number of anilines is 1. The van der Waals surface area contributed by atoms with Gasteiger partial charge in [-0.3, -0.25) is 9.59 Å². The van der Waals surface area contributed by atoms with Crippen molar-refractivity contribution >= 4 is 17.5 Å². The molecule has 1 atom stereocenters. The molecule has 26 heavy (non-hydrogen) atoms. The van der Waals surface area contributed by atoms with Crippen LogP contribution in [0.5, 0.6) is 0 Å². The first-order valence-corrected chi connectivity index (χ1v) is 8.87. The molecule has 5 nitrogen and oxygen atoms in total. The average molecular weight is 352 g/mol. The summed E-state index contributed by atoms with van der Waals surface area (Å²) in [5, 5.41) is 11.5. The predicted molar refractivity (Wildman–Crippen MR) is 101 cm³/mol. The quantitative estimate of drug-likeness (QED) is 0.801. The topological polar surface area (TPSA) is 69.6 Å². The van der Waals surface area contributed by atoms with Crippen LogP contribution in [-0.4, -0.2) is 37.1 Å². The number of aliphatic hydroxyl groups excluding tert-OH is 1. The molecule has 2 aromatic rings. The number of hydrogen-bond acceptors (Lipinski definition) is 3. The van der Waals surface area contributed by atoms with Crippen molar-refractivity contribution < 1.29 is 14.7 Å². The number of likely N-dealkylation sites (N-methyl/N-ethyl adjacent to an activating group) is 1. The molecular formula is C21H24N2O3. The Morgan fingerprint density at radius 1 is 1.12 bits per heavy atom. The van der Waals surface area contributed by atoms with E-state index in [0.29, 0.717) is 12.8 Å². The van der Waals surface area contributed by atoms with Gasteiger partial charge in [-0.05, 0) is 30.0 Å². The number of amides is 2. The smallest absolute Gasteiger partial charge is 0.237 e. The Kier molecular flexibility index (Phi) is 5.38.